The van der Waals surface area contributed by atoms with Crippen molar-refractivity contribution < 1.29 is 9.53 Å². The minimum absolute atomic E-state index is 0.228. The Morgan fingerprint density at radius 2 is 1.65 bits per heavy atom. The lowest BCUT2D eigenvalue weighted by atomic mass is 10.2. The number of hydrogen-bond donors (Lipinski definition) is 1. The molecule has 0 aromatic heterocycles. The Kier molecular flexibility index (Phi) is 6.38. The SMILES string of the molecule is O=C(N/N=C\c1ccc(OCc2ccccc2)cc1)c1ccccc1I. The number of hydrogen-bond acceptors (Lipinski definition) is 3. The molecule has 3 aromatic rings. The van der Waals surface area contributed by atoms with Crippen LogP contribution in [0.1, 0.15) is 21.5 Å². The highest BCUT2D eigenvalue weighted by Gasteiger charge is 2.07. The average Bonchev–Trinajstić information content (AvgIpc) is 2.68. The molecule has 0 heterocycles. The van der Waals surface area contributed by atoms with Crippen LogP contribution >= 0.6 is 22.6 Å². The van der Waals surface area contributed by atoms with Gasteiger partial charge in [0.15, 0.2) is 0 Å². The van der Waals surface area contributed by atoms with Crippen LogP contribution < -0.4 is 10.2 Å². The third kappa shape index (κ3) is 5.16. The first-order chi connectivity index (χ1) is 12.7. The Labute approximate surface area is 166 Å². The molecule has 0 saturated heterocycles. The minimum Gasteiger partial charge on any atom is -0.489 e. The normalized spacial score (nSPS) is 10.7. The monoisotopic (exact) mass is 456 g/mol. The molecular formula is C21H17IN2O2. The van der Waals surface area contributed by atoms with E-state index in [0.717, 1.165) is 20.4 Å². The molecule has 0 bridgehead atoms. The Hall–Kier alpha value is -2.67. The van der Waals surface area contributed by atoms with E-state index in [1.807, 2.05) is 72.8 Å². The van der Waals surface area contributed by atoms with E-state index in [1.54, 1.807) is 12.3 Å². The first-order valence-electron chi connectivity index (χ1n) is 8.07. The minimum atomic E-state index is -0.228. The molecule has 0 atom stereocenters. The summed E-state index contributed by atoms with van der Waals surface area (Å²) in [7, 11) is 0. The predicted octanol–water partition coefficient (Wildman–Crippen LogP) is 4.63. The number of amides is 1. The summed E-state index contributed by atoms with van der Waals surface area (Å²) in [5.74, 6) is 0.558. The van der Waals surface area contributed by atoms with Gasteiger partial charge in [0.25, 0.3) is 5.91 Å². The van der Waals surface area contributed by atoms with Crippen molar-refractivity contribution in [1.29, 1.82) is 0 Å². The largest absolute Gasteiger partial charge is 0.489 e. The van der Waals surface area contributed by atoms with Crippen LogP contribution in [0.3, 0.4) is 0 Å². The van der Waals surface area contributed by atoms with Crippen molar-refractivity contribution >= 4 is 34.7 Å². The molecule has 1 N–H and O–H groups in total. The summed E-state index contributed by atoms with van der Waals surface area (Å²) < 4.78 is 6.63. The Bertz CT molecular complexity index is 893. The zero-order valence-electron chi connectivity index (χ0n) is 13.9. The molecule has 0 spiro atoms. The molecule has 0 radical (unpaired) electrons. The molecule has 3 rings (SSSR count). The van der Waals surface area contributed by atoms with Gasteiger partial charge in [0, 0.05) is 3.57 Å². The van der Waals surface area contributed by atoms with Gasteiger partial charge in [-0.25, -0.2) is 5.43 Å². The molecule has 4 nitrogen and oxygen atoms in total. The molecule has 0 unspecified atom stereocenters. The van der Waals surface area contributed by atoms with Gasteiger partial charge in [0.1, 0.15) is 12.4 Å². The van der Waals surface area contributed by atoms with Gasteiger partial charge >= 0.3 is 0 Å². The molecule has 5 heteroatoms. The van der Waals surface area contributed by atoms with Gasteiger partial charge in [0.2, 0.25) is 0 Å². The molecule has 1 amide bonds. The number of ether oxygens (including phenoxy) is 1. The molecule has 0 aliphatic rings. The van der Waals surface area contributed by atoms with E-state index in [1.165, 1.54) is 0 Å². The van der Waals surface area contributed by atoms with Crippen molar-refractivity contribution in [1.82, 2.24) is 5.43 Å². The lowest BCUT2D eigenvalue weighted by Crippen LogP contribution is -2.18. The fourth-order valence-corrected chi connectivity index (χ4v) is 2.89. The number of halogens is 1. The van der Waals surface area contributed by atoms with Gasteiger partial charge in [-0.05, 0) is 70.1 Å². The number of nitrogens with zero attached hydrogens (tertiary/aromatic N) is 1. The van der Waals surface area contributed by atoms with Crippen molar-refractivity contribution in [3.63, 3.8) is 0 Å². The van der Waals surface area contributed by atoms with Crippen molar-refractivity contribution in [2.24, 2.45) is 5.10 Å². The second-order valence-electron chi connectivity index (χ2n) is 5.52. The smallest absolute Gasteiger partial charge is 0.272 e. The van der Waals surface area contributed by atoms with Gasteiger partial charge in [-0.1, -0.05) is 42.5 Å². The number of hydrazone groups is 1. The number of carbonyl (C=O) groups excluding carboxylic acids is 1. The Morgan fingerprint density at radius 1 is 0.962 bits per heavy atom. The number of benzene rings is 3. The van der Waals surface area contributed by atoms with Gasteiger partial charge in [-0.15, -0.1) is 0 Å². The van der Waals surface area contributed by atoms with Crippen LogP contribution in [0.5, 0.6) is 5.75 Å². The van der Waals surface area contributed by atoms with Crippen LogP contribution in [0.2, 0.25) is 0 Å². The van der Waals surface area contributed by atoms with Crippen LogP contribution in [0.4, 0.5) is 0 Å². The average molecular weight is 456 g/mol. The van der Waals surface area contributed by atoms with Gasteiger partial charge in [0.05, 0.1) is 11.8 Å². The van der Waals surface area contributed by atoms with Crippen molar-refractivity contribution in [3.8, 4) is 5.75 Å². The summed E-state index contributed by atoms with van der Waals surface area (Å²) in [6.45, 7) is 0.528. The molecule has 0 aliphatic heterocycles. The van der Waals surface area contributed by atoms with Gasteiger partial charge in [-0.3, -0.25) is 4.79 Å². The molecule has 0 aliphatic carbocycles. The van der Waals surface area contributed by atoms with Gasteiger partial charge in [-0.2, -0.15) is 5.10 Å². The van der Waals surface area contributed by atoms with Gasteiger partial charge < -0.3 is 4.74 Å². The highest BCUT2D eigenvalue weighted by molar-refractivity contribution is 14.1. The summed E-state index contributed by atoms with van der Waals surface area (Å²) in [6.07, 6.45) is 1.61. The number of carbonyl (C=O) groups is 1. The third-order valence-electron chi connectivity index (χ3n) is 3.63. The van der Waals surface area contributed by atoms with Crippen LogP contribution in [0, 0.1) is 3.57 Å². The fraction of sp³-hybridized carbons (Fsp3) is 0.0476. The summed E-state index contributed by atoms with van der Waals surface area (Å²) in [5, 5.41) is 4.01. The third-order valence-corrected chi connectivity index (χ3v) is 4.57. The van der Waals surface area contributed by atoms with E-state index >= 15 is 0 Å². The molecular weight excluding hydrogens is 439 g/mol. The maximum absolute atomic E-state index is 12.1. The molecule has 0 saturated carbocycles. The van der Waals surface area contributed by atoms with Crippen LogP contribution in [-0.4, -0.2) is 12.1 Å². The maximum atomic E-state index is 12.1. The summed E-state index contributed by atoms with van der Waals surface area (Å²) in [4.78, 5) is 12.1. The van der Waals surface area contributed by atoms with E-state index in [2.05, 4.69) is 33.1 Å². The predicted molar refractivity (Wildman–Crippen MR) is 111 cm³/mol. The fourth-order valence-electron chi connectivity index (χ4n) is 2.26. The lowest BCUT2D eigenvalue weighted by Gasteiger charge is -2.06. The molecule has 130 valence electrons. The van der Waals surface area contributed by atoms with Crippen LogP contribution in [0.15, 0.2) is 84.0 Å². The second kappa shape index (κ2) is 9.15. The van der Waals surface area contributed by atoms with Crippen molar-refractivity contribution in [2.45, 2.75) is 6.61 Å². The summed E-state index contributed by atoms with van der Waals surface area (Å²) in [5.41, 5.74) is 5.15. The van der Waals surface area contributed by atoms with Crippen LogP contribution in [0.25, 0.3) is 0 Å². The zero-order chi connectivity index (χ0) is 18.2. The number of rotatable bonds is 6. The molecule has 0 fully saturated rings. The van der Waals surface area contributed by atoms with Crippen molar-refractivity contribution in [2.75, 3.05) is 0 Å². The lowest BCUT2D eigenvalue weighted by molar-refractivity contribution is 0.0954. The first-order valence-corrected chi connectivity index (χ1v) is 9.15. The molecule has 3 aromatic carbocycles. The standard InChI is InChI=1S/C21H17IN2O2/c22-20-9-5-4-8-19(20)21(25)24-23-14-16-10-12-18(13-11-16)26-15-17-6-2-1-3-7-17/h1-14H,15H2,(H,24,25)/b23-14-. The Morgan fingerprint density at radius 3 is 2.38 bits per heavy atom. The van der Waals surface area contributed by atoms with Crippen molar-refractivity contribution in [3.05, 3.63) is 99.1 Å². The van der Waals surface area contributed by atoms with E-state index in [9.17, 15) is 4.79 Å². The highest BCUT2D eigenvalue weighted by Crippen LogP contribution is 2.14. The van der Waals surface area contributed by atoms with E-state index in [0.29, 0.717) is 12.2 Å². The Balaban J connectivity index is 1.53. The van der Waals surface area contributed by atoms with E-state index < -0.39 is 0 Å². The van der Waals surface area contributed by atoms with E-state index in [4.69, 9.17) is 4.74 Å². The van der Waals surface area contributed by atoms with E-state index in [-0.39, 0.29) is 5.91 Å². The van der Waals surface area contributed by atoms with Crippen LogP contribution in [-0.2, 0) is 6.61 Å². The molecule has 26 heavy (non-hydrogen) atoms. The zero-order valence-corrected chi connectivity index (χ0v) is 16.1. The highest BCUT2D eigenvalue weighted by atomic mass is 127. The summed E-state index contributed by atoms with van der Waals surface area (Å²) >= 11 is 2.13. The summed E-state index contributed by atoms with van der Waals surface area (Å²) in [6, 6.07) is 24.9. The quantitative estimate of drug-likeness (QED) is 0.334. The second-order valence-corrected chi connectivity index (χ2v) is 6.68. The maximum Gasteiger partial charge on any atom is 0.272 e. The topological polar surface area (TPSA) is 50.7 Å². The first kappa shape index (κ1) is 18.1. The number of nitrogens with one attached hydrogen (secondary N) is 1.